The molecule has 0 heterocycles. The van der Waals surface area contributed by atoms with Crippen molar-refractivity contribution in [1.82, 2.24) is 0 Å². The fourth-order valence-electron chi connectivity index (χ4n) is 1.36. The lowest BCUT2D eigenvalue weighted by atomic mass is 10.0. The minimum Gasteiger partial charge on any atom is -0.200 e. The van der Waals surface area contributed by atoms with Crippen LogP contribution in [-0.2, 0) is 0 Å². The molecule has 0 aliphatic rings. The van der Waals surface area contributed by atoms with Crippen molar-refractivity contribution < 1.29 is 30.7 Å². The topological polar surface area (TPSA) is 0 Å². The Bertz CT molecular complexity index is 278. The zero-order valence-electron chi connectivity index (χ0n) is 10.5. The van der Waals surface area contributed by atoms with Gasteiger partial charge >= 0.3 is 18.0 Å². The standard InChI is InChI=1S/C12H17F7/c1-2-3-4-5-6-7-8-9-10(13,14)11(15,16)12(17,18)19/h5-6H,2-4,7-9H2,1H3. The highest BCUT2D eigenvalue weighted by Crippen LogP contribution is 2.48. The molecule has 0 bridgehead atoms. The van der Waals surface area contributed by atoms with Crippen LogP contribution in [0.3, 0.4) is 0 Å². The van der Waals surface area contributed by atoms with Gasteiger partial charge in [-0.2, -0.15) is 30.7 Å². The van der Waals surface area contributed by atoms with Crippen molar-refractivity contribution in [3.8, 4) is 0 Å². The quantitative estimate of drug-likeness (QED) is 0.304. The maximum Gasteiger partial charge on any atom is 0.459 e. The van der Waals surface area contributed by atoms with E-state index in [2.05, 4.69) is 0 Å². The van der Waals surface area contributed by atoms with Crippen LogP contribution in [-0.4, -0.2) is 18.0 Å². The lowest BCUT2D eigenvalue weighted by Crippen LogP contribution is -2.51. The molecule has 114 valence electrons. The highest BCUT2D eigenvalue weighted by atomic mass is 19.4. The van der Waals surface area contributed by atoms with E-state index in [9.17, 15) is 30.7 Å². The second-order valence-corrected chi connectivity index (χ2v) is 4.28. The van der Waals surface area contributed by atoms with Gasteiger partial charge in [-0.1, -0.05) is 31.9 Å². The molecule has 0 aromatic carbocycles. The number of rotatable bonds is 8. The van der Waals surface area contributed by atoms with Gasteiger partial charge in [-0.25, -0.2) is 0 Å². The minimum absolute atomic E-state index is 0.0627. The third kappa shape index (κ3) is 5.40. The molecule has 0 fully saturated rings. The normalized spacial score (nSPS) is 14.3. The predicted octanol–water partition coefficient (Wildman–Crippen LogP) is 5.74. The average Bonchev–Trinajstić information content (AvgIpc) is 2.26. The number of halogens is 7. The van der Waals surface area contributed by atoms with Crippen LogP contribution in [0.4, 0.5) is 30.7 Å². The fourth-order valence-corrected chi connectivity index (χ4v) is 1.36. The Morgan fingerprint density at radius 2 is 1.26 bits per heavy atom. The van der Waals surface area contributed by atoms with E-state index in [1.165, 1.54) is 6.08 Å². The molecular weight excluding hydrogens is 277 g/mol. The van der Waals surface area contributed by atoms with Crippen molar-refractivity contribution in [2.24, 2.45) is 0 Å². The van der Waals surface area contributed by atoms with Crippen molar-refractivity contribution >= 4 is 0 Å². The monoisotopic (exact) mass is 294 g/mol. The van der Waals surface area contributed by atoms with Gasteiger partial charge in [0.25, 0.3) is 0 Å². The number of hydrogen-bond acceptors (Lipinski definition) is 0. The lowest BCUT2D eigenvalue weighted by molar-refractivity contribution is -0.355. The number of allylic oxidation sites excluding steroid dienone is 2. The van der Waals surface area contributed by atoms with Gasteiger partial charge in [0.15, 0.2) is 0 Å². The van der Waals surface area contributed by atoms with E-state index in [1.807, 2.05) is 6.92 Å². The Morgan fingerprint density at radius 1 is 0.789 bits per heavy atom. The third-order valence-corrected chi connectivity index (χ3v) is 2.57. The first-order valence-electron chi connectivity index (χ1n) is 6.03. The predicted molar refractivity (Wildman–Crippen MR) is 58.5 cm³/mol. The lowest BCUT2D eigenvalue weighted by Gasteiger charge is -2.28. The van der Waals surface area contributed by atoms with Crippen molar-refractivity contribution in [2.45, 2.75) is 63.5 Å². The fraction of sp³-hybridized carbons (Fsp3) is 0.833. The van der Waals surface area contributed by atoms with Gasteiger partial charge in [0, 0.05) is 6.42 Å². The molecule has 19 heavy (non-hydrogen) atoms. The molecule has 0 aromatic heterocycles. The molecule has 0 nitrogen and oxygen atoms in total. The summed E-state index contributed by atoms with van der Waals surface area (Å²) in [5.41, 5.74) is 0. The van der Waals surface area contributed by atoms with Crippen LogP contribution in [0, 0.1) is 0 Å². The summed E-state index contributed by atoms with van der Waals surface area (Å²) in [4.78, 5) is 0. The molecule has 0 amide bonds. The molecule has 0 saturated carbocycles. The zero-order valence-corrected chi connectivity index (χ0v) is 10.5. The molecule has 0 atom stereocenters. The Kier molecular flexibility index (Phi) is 6.86. The van der Waals surface area contributed by atoms with Crippen molar-refractivity contribution in [3.63, 3.8) is 0 Å². The molecule has 0 radical (unpaired) electrons. The summed E-state index contributed by atoms with van der Waals surface area (Å²) in [6.07, 6.45) is -2.22. The zero-order chi connectivity index (χ0) is 15.2. The Hall–Kier alpha value is -0.750. The number of hydrogen-bond donors (Lipinski definition) is 0. The second-order valence-electron chi connectivity index (χ2n) is 4.28. The van der Waals surface area contributed by atoms with E-state index in [0.29, 0.717) is 0 Å². The van der Waals surface area contributed by atoms with Gasteiger partial charge < -0.3 is 0 Å². The Morgan fingerprint density at radius 3 is 1.68 bits per heavy atom. The largest absolute Gasteiger partial charge is 0.459 e. The van der Waals surface area contributed by atoms with Crippen LogP contribution >= 0.6 is 0 Å². The van der Waals surface area contributed by atoms with Gasteiger partial charge in [0.2, 0.25) is 0 Å². The molecule has 0 aliphatic carbocycles. The summed E-state index contributed by atoms with van der Waals surface area (Å²) >= 11 is 0. The summed E-state index contributed by atoms with van der Waals surface area (Å²) in [5.74, 6) is -11.0. The SMILES string of the molecule is CCCCC=CCCCC(F)(F)C(F)(F)C(F)(F)F. The van der Waals surface area contributed by atoms with Crippen LogP contribution in [0.15, 0.2) is 12.2 Å². The van der Waals surface area contributed by atoms with E-state index >= 15 is 0 Å². The van der Waals surface area contributed by atoms with Gasteiger partial charge in [0.05, 0.1) is 0 Å². The maximum atomic E-state index is 12.8. The first-order chi connectivity index (χ1) is 8.56. The van der Waals surface area contributed by atoms with Gasteiger partial charge in [-0.15, -0.1) is 0 Å². The average molecular weight is 294 g/mol. The molecule has 0 saturated heterocycles. The molecule has 0 spiro atoms. The summed E-state index contributed by atoms with van der Waals surface area (Å²) in [6, 6.07) is 0. The van der Waals surface area contributed by atoms with Gasteiger partial charge in [-0.05, 0) is 19.3 Å². The summed E-state index contributed by atoms with van der Waals surface area (Å²) in [7, 11) is 0. The maximum absolute atomic E-state index is 12.8. The van der Waals surface area contributed by atoms with Gasteiger partial charge in [0.1, 0.15) is 0 Å². The van der Waals surface area contributed by atoms with E-state index < -0.39 is 30.9 Å². The molecule has 0 aromatic rings. The second kappa shape index (κ2) is 7.14. The number of alkyl halides is 7. The first kappa shape index (κ1) is 18.2. The highest BCUT2D eigenvalue weighted by Gasteiger charge is 2.72. The Labute approximate surface area is 107 Å². The van der Waals surface area contributed by atoms with Crippen LogP contribution in [0.2, 0.25) is 0 Å². The van der Waals surface area contributed by atoms with E-state index in [1.54, 1.807) is 6.08 Å². The summed E-state index contributed by atoms with van der Waals surface area (Å²) in [6.45, 7) is 1.97. The van der Waals surface area contributed by atoms with Crippen molar-refractivity contribution in [2.75, 3.05) is 0 Å². The van der Waals surface area contributed by atoms with E-state index in [0.717, 1.165) is 19.3 Å². The van der Waals surface area contributed by atoms with Crippen LogP contribution in [0.5, 0.6) is 0 Å². The summed E-state index contributed by atoms with van der Waals surface area (Å²) in [5, 5.41) is 0. The highest BCUT2D eigenvalue weighted by molar-refractivity contribution is 4.91. The van der Waals surface area contributed by atoms with E-state index in [4.69, 9.17) is 0 Å². The number of unbranched alkanes of at least 4 members (excludes halogenated alkanes) is 3. The molecule has 7 heteroatoms. The smallest absolute Gasteiger partial charge is 0.200 e. The molecule has 0 N–H and O–H groups in total. The van der Waals surface area contributed by atoms with Crippen LogP contribution in [0.1, 0.15) is 45.4 Å². The molecule has 0 unspecified atom stereocenters. The van der Waals surface area contributed by atoms with Crippen molar-refractivity contribution in [1.29, 1.82) is 0 Å². The first-order valence-corrected chi connectivity index (χ1v) is 6.03. The molecular formula is C12H17F7. The minimum atomic E-state index is -6.23. The van der Waals surface area contributed by atoms with Crippen molar-refractivity contribution in [3.05, 3.63) is 12.2 Å². The van der Waals surface area contributed by atoms with E-state index in [-0.39, 0.29) is 6.42 Å². The van der Waals surface area contributed by atoms with Gasteiger partial charge in [-0.3, -0.25) is 0 Å². The molecule has 0 aliphatic heterocycles. The Balaban J connectivity index is 4.21. The summed E-state index contributed by atoms with van der Waals surface area (Å²) < 4.78 is 86.0. The third-order valence-electron chi connectivity index (χ3n) is 2.57. The van der Waals surface area contributed by atoms with Crippen LogP contribution in [0.25, 0.3) is 0 Å². The molecule has 0 rings (SSSR count). The van der Waals surface area contributed by atoms with Crippen LogP contribution < -0.4 is 0 Å².